The largest absolute Gasteiger partial charge is 0.288 e. The molecule has 0 aliphatic heterocycles. The van der Waals surface area contributed by atoms with Crippen molar-refractivity contribution >= 4 is 5.78 Å². The Labute approximate surface area is 113 Å². The molecule has 0 fully saturated rings. The Kier molecular flexibility index (Phi) is 4.10. The van der Waals surface area contributed by atoms with Crippen LogP contribution in [-0.4, -0.2) is 5.78 Å². The van der Waals surface area contributed by atoms with E-state index in [0.29, 0.717) is 5.56 Å². The third-order valence-corrected chi connectivity index (χ3v) is 3.35. The maximum Gasteiger partial charge on any atom is 0.195 e. The van der Waals surface area contributed by atoms with Gasteiger partial charge in [-0.25, -0.2) is 4.39 Å². The molecule has 1 nitrogen and oxygen atoms in total. The zero-order chi connectivity index (χ0) is 13.8. The fourth-order valence-corrected chi connectivity index (χ4v) is 2.24. The summed E-state index contributed by atoms with van der Waals surface area (Å²) < 4.78 is 13.6. The molecule has 0 bridgehead atoms. The molecule has 0 heterocycles. The summed E-state index contributed by atoms with van der Waals surface area (Å²) >= 11 is 0. The molecule has 2 heteroatoms. The molecule has 19 heavy (non-hydrogen) atoms. The number of hydrogen-bond donors (Lipinski definition) is 0. The van der Waals surface area contributed by atoms with Crippen LogP contribution in [0, 0.1) is 5.82 Å². The van der Waals surface area contributed by atoms with E-state index in [1.807, 2.05) is 12.1 Å². The Morgan fingerprint density at radius 3 is 2.32 bits per heavy atom. The Hall–Kier alpha value is -1.96. The van der Waals surface area contributed by atoms with E-state index in [0.717, 1.165) is 18.4 Å². The van der Waals surface area contributed by atoms with Crippen molar-refractivity contribution in [2.75, 3.05) is 0 Å². The van der Waals surface area contributed by atoms with Crippen molar-refractivity contribution in [3.05, 3.63) is 70.5 Å². The van der Waals surface area contributed by atoms with Crippen molar-refractivity contribution in [1.82, 2.24) is 0 Å². The van der Waals surface area contributed by atoms with E-state index in [1.54, 1.807) is 18.2 Å². The van der Waals surface area contributed by atoms with Crippen LogP contribution in [0.5, 0.6) is 0 Å². The zero-order valence-corrected chi connectivity index (χ0v) is 11.2. The molecular weight excluding hydrogens is 239 g/mol. The molecule has 0 aliphatic carbocycles. The number of benzene rings is 2. The first-order chi connectivity index (χ1) is 9.17. The van der Waals surface area contributed by atoms with Gasteiger partial charge in [-0.3, -0.25) is 4.79 Å². The van der Waals surface area contributed by atoms with Gasteiger partial charge in [-0.1, -0.05) is 38.1 Å². The first kappa shape index (κ1) is 13.5. The average Bonchev–Trinajstić information content (AvgIpc) is 2.46. The quantitative estimate of drug-likeness (QED) is 0.750. The van der Waals surface area contributed by atoms with Crippen LogP contribution in [0.15, 0.2) is 42.5 Å². The SMILES string of the molecule is CCc1ccc(C(=O)c2ccccc2F)cc1CC. The highest BCUT2D eigenvalue weighted by atomic mass is 19.1. The molecule has 0 N–H and O–H groups in total. The lowest BCUT2D eigenvalue weighted by atomic mass is 9.96. The lowest BCUT2D eigenvalue weighted by molar-refractivity contribution is 0.103. The Morgan fingerprint density at radius 2 is 1.68 bits per heavy atom. The predicted octanol–water partition coefficient (Wildman–Crippen LogP) is 4.18. The van der Waals surface area contributed by atoms with Crippen molar-refractivity contribution in [1.29, 1.82) is 0 Å². The first-order valence-corrected chi connectivity index (χ1v) is 6.58. The summed E-state index contributed by atoms with van der Waals surface area (Å²) in [4.78, 5) is 12.3. The van der Waals surface area contributed by atoms with Crippen LogP contribution >= 0.6 is 0 Å². The Morgan fingerprint density at radius 1 is 1.00 bits per heavy atom. The van der Waals surface area contributed by atoms with Crippen LogP contribution in [0.1, 0.15) is 40.9 Å². The van der Waals surface area contributed by atoms with Gasteiger partial charge in [0.05, 0.1) is 5.56 Å². The molecule has 0 spiro atoms. The molecular formula is C17H17FO. The van der Waals surface area contributed by atoms with Gasteiger partial charge in [-0.05, 0) is 42.2 Å². The van der Waals surface area contributed by atoms with Crippen molar-refractivity contribution in [3.63, 3.8) is 0 Å². The van der Waals surface area contributed by atoms with Crippen LogP contribution in [0.2, 0.25) is 0 Å². The number of carbonyl (C=O) groups excluding carboxylic acids is 1. The first-order valence-electron chi connectivity index (χ1n) is 6.58. The number of hydrogen-bond acceptors (Lipinski definition) is 1. The minimum Gasteiger partial charge on any atom is -0.288 e. The summed E-state index contributed by atoms with van der Waals surface area (Å²) in [5.74, 6) is -0.722. The summed E-state index contributed by atoms with van der Waals surface area (Å²) in [6, 6.07) is 11.7. The highest BCUT2D eigenvalue weighted by molar-refractivity contribution is 6.09. The topological polar surface area (TPSA) is 17.1 Å². The van der Waals surface area contributed by atoms with Crippen LogP contribution in [0.25, 0.3) is 0 Å². The molecule has 2 aromatic carbocycles. The number of rotatable bonds is 4. The Balaban J connectivity index is 2.42. The summed E-state index contributed by atoms with van der Waals surface area (Å²) in [5, 5.41) is 0. The van der Waals surface area contributed by atoms with Gasteiger partial charge in [-0.15, -0.1) is 0 Å². The molecule has 0 saturated carbocycles. The van der Waals surface area contributed by atoms with E-state index in [4.69, 9.17) is 0 Å². The summed E-state index contributed by atoms with van der Waals surface area (Å²) in [6.45, 7) is 4.15. The lowest BCUT2D eigenvalue weighted by Crippen LogP contribution is -2.05. The van der Waals surface area contributed by atoms with E-state index in [9.17, 15) is 9.18 Å². The fraction of sp³-hybridized carbons (Fsp3) is 0.235. The molecule has 0 aliphatic rings. The van der Waals surface area contributed by atoms with E-state index in [2.05, 4.69) is 13.8 Å². The summed E-state index contributed by atoms with van der Waals surface area (Å²) in [7, 11) is 0. The highest BCUT2D eigenvalue weighted by Crippen LogP contribution is 2.18. The van der Waals surface area contributed by atoms with Crippen molar-refractivity contribution in [2.45, 2.75) is 26.7 Å². The van der Waals surface area contributed by atoms with Gasteiger partial charge in [0.25, 0.3) is 0 Å². The molecule has 0 amide bonds. The lowest BCUT2D eigenvalue weighted by Gasteiger charge is -2.09. The van der Waals surface area contributed by atoms with Crippen LogP contribution in [0.3, 0.4) is 0 Å². The summed E-state index contributed by atoms with van der Waals surface area (Å²) in [5.41, 5.74) is 3.09. The molecule has 0 saturated heterocycles. The second kappa shape index (κ2) is 5.79. The molecule has 0 atom stereocenters. The summed E-state index contributed by atoms with van der Waals surface area (Å²) in [6.07, 6.45) is 1.82. The molecule has 98 valence electrons. The minimum absolute atomic E-state index is 0.133. The van der Waals surface area contributed by atoms with Gasteiger partial charge in [0.2, 0.25) is 0 Å². The predicted molar refractivity (Wildman–Crippen MR) is 75.0 cm³/mol. The van der Waals surface area contributed by atoms with Crippen LogP contribution in [0.4, 0.5) is 4.39 Å². The van der Waals surface area contributed by atoms with Crippen molar-refractivity contribution in [3.8, 4) is 0 Å². The minimum atomic E-state index is -0.467. The Bertz CT molecular complexity index is 602. The molecule has 2 rings (SSSR count). The van der Waals surface area contributed by atoms with Crippen molar-refractivity contribution < 1.29 is 9.18 Å². The van der Waals surface area contributed by atoms with Gasteiger partial charge in [0.15, 0.2) is 5.78 Å². The second-order valence-electron chi connectivity index (χ2n) is 4.50. The zero-order valence-electron chi connectivity index (χ0n) is 11.2. The number of ketones is 1. The van der Waals surface area contributed by atoms with Crippen LogP contribution < -0.4 is 0 Å². The highest BCUT2D eigenvalue weighted by Gasteiger charge is 2.14. The van der Waals surface area contributed by atoms with E-state index >= 15 is 0 Å². The van der Waals surface area contributed by atoms with Gasteiger partial charge >= 0.3 is 0 Å². The standard InChI is InChI=1S/C17H17FO/c1-3-12-9-10-14(11-13(12)4-2)17(19)15-7-5-6-8-16(15)18/h5-11H,3-4H2,1-2H3. The molecule has 0 aromatic heterocycles. The third kappa shape index (κ3) is 2.73. The number of halogens is 1. The van der Waals surface area contributed by atoms with Gasteiger partial charge in [0.1, 0.15) is 5.82 Å². The monoisotopic (exact) mass is 256 g/mol. The third-order valence-electron chi connectivity index (χ3n) is 3.35. The fourth-order valence-electron chi connectivity index (χ4n) is 2.24. The van der Waals surface area contributed by atoms with E-state index < -0.39 is 5.82 Å². The normalized spacial score (nSPS) is 10.5. The maximum absolute atomic E-state index is 13.6. The van der Waals surface area contributed by atoms with Gasteiger partial charge in [0, 0.05) is 5.56 Å². The second-order valence-corrected chi connectivity index (χ2v) is 4.50. The van der Waals surface area contributed by atoms with Crippen molar-refractivity contribution in [2.24, 2.45) is 0 Å². The molecule has 0 unspecified atom stereocenters. The van der Waals surface area contributed by atoms with Gasteiger partial charge < -0.3 is 0 Å². The van der Waals surface area contributed by atoms with Crippen LogP contribution in [-0.2, 0) is 12.8 Å². The van der Waals surface area contributed by atoms with E-state index in [1.165, 1.54) is 17.7 Å². The van der Waals surface area contributed by atoms with Gasteiger partial charge in [-0.2, -0.15) is 0 Å². The molecule has 0 radical (unpaired) electrons. The average molecular weight is 256 g/mol. The smallest absolute Gasteiger partial charge is 0.195 e. The van der Waals surface area contributed by atoms with E-state index in [-0.39, 0.29) is 11.3 Å². The molecule has 2 aromatic rings. The number of aryl methyl sites for hydroxylation is 2. The maximum atomic E-state index is 13.6. The number of carbonyl (C=O) groups is 1.